The zero-order valence-corrected chi connectivity index (χ0v) is 48.2. The molecule has 0 bridgehead atoms. The number of carbonyl (C=O) groups excluding carboxylic acids is 7. The lowest BCUT2D eigenvalue weighted by Crippen LogP contribution is -2.62. The molecule has 21 heteroatoms. The van der Waals surface area contributed by atoms with Crippen molar-refractivity contribution in [1.82, 2.24) is 36.8 Å². The summed E-state index contributed by atoms with van der Waals surface area (Å²) in [5.41, 5.74) is 0.178. The van der Waals surface area contributed by atoms with Gasteiger partial charge in [0.15, 0.2) is 0 Å². The molecule has 0 radical (unpaired) electrons. The normalized spacial score (nSPS) is 15.1. The van der Waals surface area contributed by atoms with Crippen LogP contribution in [-0.2, 0) is 66.4 Å². The van der Waals surface area contributed by atoms with E-state index in [1.165, 1.54) is 6.92 Å². The van der Waals surface area contributed by atoms with Gasteiger partial charge in [-0.15, -0.1) is 0 Å². The Hall–Kier alpha value is -9.11. The molecule has 1 fully saturated rings. The molecule has 0 aliphatic carbocycles. The van der Waals surface area contributed by atoms with Gasteiger partial charge in [0, 0.05) is 13.0 Å². The Labute approximate surface area is 488 Å². The first kappa shape index (κ1) is 64.1. The van der Waals surface area contributed by atoms with Crippen LogP contribution in [0.2, 0.25) is 0 Å². The smallest absolute Gasteiger partial charge is 0.408 e. The number of carboxylic acids is 2. The van der Waals surface area contributed by atoms with Gasteiger partial charge in [0.05, 0.1) is 25.6 Å². The van der Waals surface area contributed by atoms with Crippen molar-refractivity contribution in [1.29, 1.82) is 0 Å². The molecule has 6 rings (SSSR count). The van der Waals surface area contributed by atoms with Crippen LogP contribution in [0.4, 0.5) is 4.79 Å². The third kappa shape index (κ3) is 18.7. The van der Waals surface area contributed by atoms with E-state index in [1.807, 2.05) is 112 Å². The first-order valence-corrected chi connectivity index (χ1v) is 27.7. The van der Waals surface area contributed by atoms with E-state index in [1.54, 1.807) is 75.4 Å². The Kier molecular flexibility index (Phi) is 22.3. The van der Waals surface area contributed by atoms with Crippen molar-refractivity contribution in [3.63, 3.8) is 0 Å². The number of alkyl carbamates (subject to hydrolysis) is 1. The third-order valence-corrected chi connectivity index (χ3v) is 13.4. The highest BCUT2D eigenvalue weighted by atomic mass is 16.6. The van der Waals surface area contributed by atoms with Crippen molar-refractivity contribution in [3.8, 4) is 5.75 Å². The number of likely N-dealkylation sites (tertiary alicyclic amines) is 1. The molecule has 0 aromatic heterocycles. The van der Waals surface area contributed by atoms with Gasteiger partial charge in [-0.2, -0.15) is 0 Å². The van der Waals surface area contributed by atoms with Gasteiger partial charge >= 0.3 is 18.0 Å². The van der Waals surface area contributed by atoms with Crippen molar-refractivity contribution in [2.75, 3.05) is 13.1 Å². The first-order chi connectivity index (χ1) is 39.8. The molecule has 21 nitrogen and oxygen atoms in total. The van der Waals surface area contributed by atoms with Crippen molar-refractivity contribution in [2.45, 2.75) is 140 Å². The van der Waals surface area contributed by atoms with Gasteiger partial charge < -0.3 is 61.2 Å². The molecule has 0 saturated carbocycles. The number of hydrogen-bond acceptors (Lipinski definition) is 12. The zero-order chi connectivity index (χ0) is 61.2. The van der Waals surface area contributed by atoms with Crippen LogP contribution < -0.4 is 36.6 Å². The third-order valence-electron chi connectivity index (χ3n) is 13.4. The predicted octanol–water partition coefficient (Wildman–Crippen LogP) is 5.52. The molecule has 1 aliphatic rings. The Morgan fingerprint density at radius 2 is 1.12 bits per heavy atom. The highest BCUT2D eigenvalue weighted by Crippen LogP contribution is 2.37. The summed E-state index contributed by atoms with van der Waals surface area (Å²) >= 11 is 0. The molecule has 8 N–H and O–H groups in total. The highest BCUT2D eigenvalue weighted by molar-refractivity contribution is 5.99. The van der Waals surface area contributed by atoms with Crippen LogP contribution in [0.1, 0.15) is 102 Å². The number of nitrogens with one attached hydrogen (secondary N) is 6. The number of benzene rings is 5. The number of carboxylic acid groups (broad SMARTS) is 2. The van der Waals surface area contributed by atoms with E-state index in [-0.39, 0.29) is 32.4 Å². The summed E-state index contributed by atoms with van der Waals surface area (Å²) in [5, 5.41) is 35.2. The number of aliphatic carboxylic acids is 2. The van der Waals surface area contributed by atoms with Gasteiger partial charge in [-0.3, -0.25) is 38.4 Å². The van der Waals surface area contributed by atoms with Crippen LogP contribution in [0, 0.1) is 0 Å². The van der Waals surface area contributed by atoms with Gasteiger partial charge in [0.2, 0.25) is 35.4 Å². The maximum Gasteiger partial charge on any atom is 0.408 e. The molecule has 0 spiro atoms. The van der Waals surface area contributed by atoms with Crippen LogP contribution in [0.25, 0.3) is 0 Å². The van der Waals surface area contributed by atoms with Crippen molar-refractivity contribution < 1.29 is 67.6 Å². The average Bonchev–Trinajstić information content (AvgIpc) is 1.64. The van der Waals surface area contributed by atoms with Crippen LogP contribution in [0.15, 0.2) is 146 Å². The summed E-state index contributed by atoms with van der Waals surface area (Å²) < 4.78 is 17.5. The van der Waals surface area contributed by atoms with E-state index >= 15 is 14.4 Å². The number of amides is 7. The van der Waals surface area contributed by atoms with Crippen LogP contribution in [0.5, 0.6) is 5.75 Å². The second kappa shape index (κ2) is 29.2. The van der Waals surface area contributed by atoms with Crippen molar-refractivity contribution in [2.24, 2.45) is 0 Å². The fraction of sp³-hybridized carbons (Fsp3) is 0.381. The van der Waals surface area contributed by atoms with E-state index in [0.717, 1.165) is 4.90 Å². The zero-order valence-electron chi connectivity index (χ0n) is 48.2. The van der Waals surface area contributed by atoms with E-state index in [4.69, 9.17) is 14.2 Å². The van der Waals surface area contributed by atoms with E-state index in [2.05, 4.69) is 31.9 Å². The van der Waals surface area contributed by atoms with Crippen LogP contribution >= 0.6 is 0 Å². The fourth-order valence-corrected chi connectivity index (χ4v) is 9.62. The van der Waals surface area contributed by atoms with Crippen LogP contribution in [-0.4, -0.2) is 129 Å². The molecule has 1 saturated heterocycles. The Bertz CT molecular complexity index is 2970. The molecule has 6 atom stereocenters. The molecule has 5 aromatic carbocycles. The summed E-state index contributed by atoms with van der Waals surface area (Å²) in [5.74, 6) is -7.79. The summed E-state index contributed by atoms with van der Waals surface area (Å²) in [6, 6.07) is 35.0. The molecule has 1 heterocycles. The molecule has 7 amide bonds. The second-order valence-corrected chi connectivity index (χ2v) is 22.4. The van der Waals surface area contributed by atoms with E-state index < -0.39 is 126 Å². The topological polar surface area (TPSA) is 297 Å². The van der Waals surface area contributed by atoms with Gasteiger partial charge in [-0.1, -0.05) is 133 Å². The van der Waals surface area contributed by atoms with Crippen molar-refractivity contribution in [3.05, 3.63) is 173 Å². The lowest BCUT2D eigenvalue weighted by Gasteiger charge is -2.37. The van der Waals surface area contributed by atoms with Gasteiger partial charge in [-0.25, -0.2) is 4.79 Å². The molecule has 84 heavy (non-hydrogen) atoms. The number of ether oxygens (including phenoxy) is 3. The molecular weight excluding hydrogens is 1080 g/mol. The quantitative estimate of drug-likeness (QED) is 0.0316. The summed E-state index contributed by atoms with van der Waals surface area (Å²) in [4.78, 5) is 126. The maximum atomic E-state index is 15.2. The lowest BCUT2D eigenvalue weighted by molar-refractivity contribution is -0.145. The SMILES string of the molecule is C[C@@H](OCc1ccccc1)[C@H](NC(=O)[C@H]1CCCN1C(=O)[C@H](CC(=O)O)NC(=O)OC(C)(C)C)C(=O)N[C@@H](CC(=O)NC(c1ccccc1)(c1ccccc1)c1ccccc1)C(=O)N[C@@H](Cc1ccc(OC(C)(C)C)cc1)C(=O)NCC(=O)O. The Balaban J connectivity index is 1.39. The minimum atomic E-state index is -1.84. The summed E-state index contributed by atoms with van der Waals surface area (Å²) in [6.45, 7) is 11.0. The van der Waals surface area contributed by atoms with E-state index in [9.17, 15) is 39.0 Å². The minimum absolute atomic E-state index is 0.0240. The number of hydrogen-bond donors (Lipinski definition) is 8. The highest BCUT2D eigenvalue weighted by Gasteiger charge is 2.43. The first-order valence-electron chi connectivity index (χ1n) is 27.7. The molecule has 1 aliphatic heterocycles. The van der Waals surface area contributed by atoms with Gasteiger partial charge in [0.1, 0.15) is 59.2 Å². The number of carbonyl (C=O) groups is 9. The second-order valence-electron chi connectivity index (χ2n) is 22.4. The largest absolute Gasteiger partial charge is 0.488 e. The Morgan fingerprint density at radius 1 is 0.583 bits per heavy atom. The summed E-state index contributed by atoms with van der Waals surface area (Å²) in [7, 11) is 0. The monoisotopic (exact) mass is 1150 g/mol. The van der Waals surface area contributed by atoms with E-state index in [0.29, 0.717) is 33.6 Å². The molecular formula is C63H75N7O14. The average molecular weight is 1150 g/mol. The lowest BCUT2D eigenvalue weighted by atomic mass is 9.77. The molecule has 5 aromatic rings. The number of rotatable bonds is 26. The fourth-order valence-electron chi connectivity index (χ4n) is 9.62. The number of nitrogens with zero attached hydrogens (tertiary/aromatic N) is 1. The molecule has 0 unspecified atom stereocenters. The molecule has 446 valence electrons. The van der Waals surface area contributed by atoms with Crippen LogP contribution in [0.3, 0.4) is 0 Å². The predicted molar refractivity (Wildman–Crippen MR) is 310 cm³/mol. The standard InChI is InChI=1S/C63H75N7O14/c1-40(82-39-42-21-12-8-13-22-42)54(68-57(78)50-29-20-34-70(50)59(80)49(37-52(72)73)67-60(81)84-62(5,6)7)58(79)66-48(56(77)65-47(55(76)64-38-53(74)75)35-41-30-32-46(33-31-41)83-61(2,3)4)36-51(71)69-63(43-23-14-9-15-24-43,44-25-16-10-17-26-44)45-27-18-11-19-28-45/h8-19,21-28,30-33,40,47-50,54H,20,29,34-39H2,1-7H3,(H,64,76)(H,65,77)(H,66,79)(H,67,81)(H,68,78)(H,69,71)(H,72,73)(H,74,75)/t40-,47+,48+,49+,50-,54+/m1/s1. The van der Waals surface area contributed by atoms with Gasteiger partial charge in [0.25, 0.3) is 0 Å². The Morgan fingerprint density at radius 3 is 1.63 bits per heavy atom. The van der Waals surface area contributed by atoms with Gasteiger partial charge in [-0.05, 0) is 101 Å². The summed E-state index contributed by atoms with van der Waals surface area (Å²) in [6.07, 6.45) is -3.75. The van der Waals surface area contributed by atoms with Crippen molar-refractivity contribution >= 4 is 53.5 Å². The minimum Gasteiger partial charge on any atom is -0.488 e. The maximum absolute atomic E-state index is 15.2.